The van der Waals surface area contributed by atoms with Crippen molar-refractivity contribution in [1.29, 1.82) is 0 Å². The minimum atomic E-state index is -4.79. The molecular weight excluding hydrogens is 465 g/mol. The number of carboxylic acid groups (broad SMARTS) is 1. The van der Waals surface area contributed by atoms with Crippen LogP contribution in [0.25, 0.3) is 0 Å². The van der Waals surface area contributed by atoms with E-state index in [1.165, 1.54) is 6.07 Å². The van der Waals surface area contributed by atoms with Crippen LogP contribution in [-0.2, 0) is 22.6 Å². The van der Waals surface area contributed by atoms with Gasteiger partial charge in [0, 0.05) is 12.2 Å². The number of carbonyl (C=O) groups excluding carboxylic acids is 1. The van der Waals surface area contributed by atoms with E-state index in [1.807, 2.05) is 6.92 Å². The van der Waals surface area contributed by atoms with Crippen LogP contribution in [0, 0.1) is 6.92 Å². The highest BCUT2D eigenvalue weighted by Crippen LogP contribution is 2.37. The Morgan fingerprint density at radius 3 is 2.49 bits per heavy atom. The van der Waals surface area contributed by atoms with Crippen molar-refractivity contribution in [2.45, 2.75) is 58.5 Å². The fourth-order valence-electron chi connectivity index (χ4n) is 4.21. The van der Waals surface area contributed by atoms with E-state index in [2.05, 4.69) is 10.1 Å². The third-order valence-corrected chi connectivity index (χ3v) is 6.01. The van der Waals surface area contributed by atoms with Crippen LogP contribution in [0.1, 0.15) is 48.4 Å². The SMILES string of the molecule is CN[C@H](CC(=O)O)C(=O)N1CCc2c1ccc(OCc1ccc(C(C)C)c(OC(F)(F)F)c1)c2C. The lowest BCUT2D eigenvalue weighted by molar-refractivity contribution is -0.275. The average molecular weight is 495 g/mol. The van der Waals surface area contributed by atoms with E-state index in [4.69, 9.17) is 9.84 Å². The van der Waals surface area contributed by atoms with Crippen LogP contribution in [0.2, 0.25) is 0 Å². The van der Waals surface area contributed by atoms with E-state index in [9.17, 15) is 22.8 Å². The highest BCUT2D eigenvalue weighted by Gasteiger charge is 2.33. The zero-order chi connectivity index (χ0) is 25.9. The summed E-state index contributed by atoms with van der Waals surface area (Å²) in [5, 5.41) is 11.8. The zero-order valence-electron chi connectivity index (χ0n) is 20.0. The molecule has 0 radical (unpaired) electrons. The monoisotopic (exact) mass is 494 g/mol. The van der Waals surface area contributed by atoms with Gasteiger partial charge >= 0.3 is 12.3 Å². The molecule has 10 heteroatoms. The van der Waals surface area contributed by atoms with E-state index < -0.39 is 18.4 Å². The summed E-state index contributed by atoms with van der Waals surface area (Å²) in [5.74, 6) is -1.22. The lowest BCUT2D eigenvalue weighted by Crippen LogP contribution is -2.45. The van der Waals surface area contributed by atoms with E-state index >= 15 is 0 Å². The smallest absolute Gasteiger partial charge is 0.489 e. The van der Waals surface area contributed by atoms with Gasteiger partial charge in [-0.3, -0.25) is 9.59 Å². The second kappa shape index (κ2) is 10.6. The lowest BCUT2D eigenvalue weighted by atomic mass is 10.0. The summed E-state index contributed by atoms with van der Waals surface area (Å²) in [5.41, 5.74) is 3.41. The van der Waals surface area contributed by atoms with Gasteiger partial charge in [0.05, 0.1) is 12.5 Å². The molecule has 3 rings (SSSR count). The normalized spacial score (nSPS) is 14.1. The molecule has 0 saturated carbocycles. The second-order valence-electron chi connectivity index (χ2n) is 8.73. The summed E-state index contributed by atoms with van der Waals surface area (Å²) in [4.78, 5) is 25.5. The number of hydrogen-bond donors (Lipinski definition) is 2. The Labute approximate surface area is 201 Å². The first-order valence-corrected chi connectivity index (χ1v) is 11.3. The van der Waals surface area contributed by atoms with Gasteiger partial charge in [-0.2, -0.15) is 0 Å². The molecule has 7 nitrogen and oxygen atoms in total. The van der Waals surface area contributed by atoms with Crippen molar-refractivity contribution < 1.29 is 37.3 Å². The van der Waals surface area contributed by atoms with Crippen molar-refractivity contribution in [3.63, 3.8) is 0 Å². The van der Waals surface area contributed by atoms with E-state index in [0.717, 1.165) is 11.1 Å². The molecular formula is C25H29F3N2O5. The molecule has 0 aliphatic carbocycles. The number of likely N-dealkylation sites (N-methyl/N-ethyl adjacent to an activating group) is 1. The van der Waals surface area contributed by atoms with Crippen molar-refractivity contribution in [1.82, 2.24) is 5.32 Å². The van der Waals surface area contributed by atoms with Gasteiger partial charge in [0.15, 0.2) is 0 Å². The number of nitrogens with zero attached hydrogens (tertiary/aromatic N) is 1. The van der Waals surface area contributed by atoms with Gasteiger partial charge in [-0.05, 0) is 66.8 Å². The number of nitrogens with one attached hydrogen (secondary N) is 1. The fraction of sp³-hybridized carbons (Fsp3) is 0.440. The number of alkyl halides is 3. The summed E-state index contributed by atoms with van der Waals surface area (Å²) in [6, 6.07) is 7.28. The number of rotatable bonds is 9. The summed E-state index contributed by atoms with van der Waals surface area (Å²) in [6.45, 7) is 5.89. The molecule has 2 N–H and O–H groups in total. The number of anilines is 1. The van der Waals surface area contributed by atoms with Crippen molar-refractivity contribution in [2.75, 3.05) is 18.5 Å². The van der Waals surface area contributed by atoms with Crippen LogP contribution in [-0.4, -0.2) is 43.0 Å². The van der Waals surface area contributed by atoms with Gasteiger partial charge < -0.3 is 24.8 Å². The Morgan fingerprint density at radius 2 is 1.89 bits per heavy atom. The molecule has 0 spiro atoms. The fourth-order valence-corrected chi connectivity index (χ4v) is 4.21. The lowest BCUT2D eigenvalue weighted by Gasteiger charge is -2.23. The van der Waals surface area contributed by atoms with E-state index in [1.54, 1.807) is 50.1 Å². The molecule has 1 aliphatic rings. The van der Waals surface area contributed by atoms with Gasteiger partial charge in [0.25, 0.3) is 0 Å². The molecule has 0 aromatic heterocycles. The average Bonchev–Trinajstić information content (AvgIpc) is 3.20. The van der Waals surface area contributed by atoms with Crippen molar-refractivity contribution >= 4 is 17.6 Å². The summed E-state index contributed by atoms with van der Waals surface area (Å²) in [6.07, 6.45) is -4.53. The highest BCUT2D eigenvalue weighted by atomic mass is 19.4. The number of carboxylic acids is 1. The van der Waals surface area contributed by atoms with E-state index in [0.29, 0.717) is 35.5 Å². The number of halogens is 3. The number of amides is 1. The van der Waals surface area contributed by atoms with Crippen molar-refractivity contribution in [3.8, 4) is 11.5 Å². The standard InChI is InChI=1S/C25H29F3N2O5/c1-14(2)17-6-5-16(11-22(17)35-25(26,27)28)13-34-21-8-7-20-18(15(21)3)9-10-30(20)24(33)19(29-4)12-23(31)32/h5-8,11,14,19,29H,9-10,12-13H2,1-4H3,(H,31,32)/t19-/m1/s1. The molecule has 190 valence electrons. The molecule has 2 aromatic carbocycles. The Kier molecular flexibility index (Phi) is 7.94. The van der Waals surface area contributed by atoms with Crippen molar-refractivity contribution in [2.24, 2.45) is 0 Å². The molecule has 1 aliphatic heterocycles. The molecule has 0 fully saturated rings. The second-order valence-corrected chi connectivity index (χ2v) is 8.73. The van der Waals surface area contributed by atoms with Crippen LogP contribution in [0.3, 0.4) is 0 Å². The van der Waals surface area contributed by atoms with Crippen LogP contribution in [0.4, 0.5) is 18.9 Å². The first-order chi connectivity index (χ1) is 16.4. The third-order valence-electron chi connectivity index (χ3n) is 6.01. The van der Waals surface area contributed by atoms with Gasteiger partial charge in [-0.1, -0.05) is 26.0 Å². The maximum atomic E-state index is 12.9. The molecule has 1 heterocycles. The zero-order valence-corrected chi connectivity index (χ0v) is 20.0. The molecule has 2 aromatic rings. The summed E-state index contributed by atoms with van der Waals surface area (Å²) < 4.78 is 48.7. The number of fused-ring (bicyclic) bond motifs is 1. The van der Waals surface area contributed by atoms with Crippen LogP contribution < -0.4 is 19.7 Å². The molecule has 0 saturated heterocycles. The third kappa shape index (κ3) is 6.25. The number of hydrogen-bond acceptors (Lipinski definition) is 5. The molecule has 1 amide bonds. The Hall–Kier alpha value is -3.27. The van der Waals surface area contributed by atoms with Gasteiger partial charge in [-0.15, -0.1) is 13.2 Å². The maximum absolute atomic E-state index is 12.9. The first kappa shape index (κ1) is 26.3. The predicted octanol–water partition coefficient (Wildman–Crippen LogP) is 4.55. The summed E-state index contributed by atoms with van der Waals surface area (Å²) in [7, 11) is 1.55. The number of benzene rings is 2. The Bertz CT molecular complexity index is 1100. The molecule has 1 atom stereocenters. The van der Waals surface area contributed by atoms with Gasteiger partial charge in [0.2, 0.25) is 5.91 Å². The highest BCUT2D eigenvalue weighted by molar-refractivity contribution is 6.00. The molecule has 35 heavy (non-hydrogen) atoms. The van der Waals surface area contributed by atoms with Crippen LogP contribution in [0.5, 0.6) is 11.5 Å². The number of ether oxygens (including phenoxy) is 2. The Balaban J connectivity index is 1.78. The minimum absolute atomic E-state index is 0.0370. The van der Waals surface area contributed by atoms with Gasteiger partial charge in [0.1, 0.15) is 18.1 Å². The number of carbonyl (C=O) groups is 2. The maximum Gasteiger partial charge on any atom is 0.573 e. The predicted molar refractivity (Wildman–Crippen MR) is 124 cm³/mol. The molecule has 0 bridgehead atoms. The van der Waals surface area contributed by atoms with E-state index in [-0.39, 0.29) is 30.6 Å². The first-order valence-electron chi connectivity index (χ1n) is 11.3. The van der Waals surface area contributed by atoms with Crippen LogP contribution >= 0.6 is 0 Å². The Morgan fingerprint density at radius 1 is 1.17 bits per heavy atom. The summed E-state index contributed by atoms with van der Waals surface area (Å²) >= 11 is 0. The van der Waals surface area contributed by atoms with Crippen molar-refractivity contribution in [3.05, 3.63) is 52.6 Å². The van der Waals surface area contributed by atoms with Crippen LogP contribution in [0.15, 0.2) is 30.3 Å². The van der Waals surface area contributed by atoms with Gasteiger partial charge in [-0.25, -0.2) is 0 Å². The topological polar surface area (TPSA) is 88.1 Å². The quantitative estimate of drug-likeness (QED) is 0.532. The largest absolute Gasteiger partial charge is 0.573 e. The number of aliphatic carboxylic acids is 1. The minimum Gasteiger partial charge on any atom is -0.489 e. The molecule has 0 unspecified atom stereocenters.